The smallest absolute Gasteiger partial charge is 0.251 e. The Morgan fingerprint density at radius 1 is 1.22 bits per heavy atom. The molecule has 2 aromatic carbocycles. The highest BCUT2D eigenvalue weighted by Gasteiger charge is 2.10. The van der Waals surface area contributed by atoms with Crippen LogP contribution < -0.4 is 10.1 Å². The summed E-state index contributed by atoms with van der Waals surface area (Å²) < 4.78 is 5.75. The highest BCUT2D eigenvalue weighted by molar-refractivity contribution is 6.31. The van der Waals surface area contributed by atoms with Crippen LogP contribution in [0.5, 0.6) is 5.75 Å². The Labute approximate surface area is 142 Å². The molecule has 0 bridgehead atoms. The van der Waals surface area contributed by atoms with Crippen molar-refractivity contribution in [3.63, 3.8) is 0 Å². The van der Waals surface area contributed by atoms with Crippen molar-refractivity contribution in [1.29, 1.82) is 0 Å². The number of amides is 1. The number of ether oxygens (including phenoxy) is 1. The number of nitrogens with one attached hydrogen (secondary N) is 1. The zero-order valence-electron chi connectivity index (χ0n) is 13.5. The van der Waals surface area contributed by atoms with Crippen LogP contribution >= 0.6 is 11.6 Å². The first kappa shape index (κ1) is 17.4. The molecule has 4 heteroatoms. The number of carbonyl (C=O) groups is 1. The average Bonchev–Trinajstić information content (AvgIpc) is 2.54. The summed E-state index contributed by atoms with van der Waals surface area (Å²) >= 11 is 6.12. The lowest BCUT2D eigenvalue weighted by Gasteiger charge is -2.13. The Kier molecular flexibility index (Phi) is 6.48. The van der Waals surface area contributed by atoms with Gasteiger partial charge in [0, 0.05) is 22.2 Å². The third-order valence-electron chi connectivity index (χ3n) is 3.55. The quantitative estimate of drug-likeness (QED) is 0.788. The van der Waals surface area contributed by atoms with E-state index >= 15 is 0 Å². The molecule has 0 fully saturated rings. The van der Waals surface area contributed by atoms with Crippen molar-refractivity contribution in [3.8, 4) is 5.75 Å². The van der Waals surface area contributed by atoms with E-state index in [4.69, 9.17) is 16.3 Å². The number of carbonyl (C=O) groups excluding carboxylic acids is 1. The molecule has 0 aliphatic carbocycles. The number of halogens is 1. The van der Waals surface area contributed by atoms with Crippen molar-refractivity contribution in [1.82, 2.24) is 5.32 Å². The monoisotopic (exact) mass is 331 g/mol. The molecular weight excluding hydrogens is 310 g/mol. The molecule has 3 nitrogen and oxygen atoms in total. The van der Waals surface area contributed by atoms with Gasteiger partial charge in [0.05, 0.1) is 0 Å². The van der Waals surface area contributed by atoms with E-state index in [1.165, 1.54) is 0 Å². The van der Waals surface area contributed by atoms with Crippen molar-refractivity contribution in [2.45, 2.75) is 39.3 Å². The van der Waals surface area contributed by atoms with Crippen molar-refractivity contribution >= 4 is 17.5 Å². The normalized spacial score (nSPS) is 11.8. The Morgan fingerprint density at radius 3 is 2.74 bits per heavy atom. The number of rotatable bonds is 7. The van der Waals surface area contributed by atoms with Crippen molar-refractivity contribution in [3.05, 3.63) is 64.7 Å². The summed E-state index contributed by atoms with van der Waals surface area (Å²) in [7, 11) is 0. The molecule has 0 aliphatic rings. The Bertz CT molecular complexity index is 657. The summed E-state index contributed by atoms with van der Waals surface area (Å²) in [5, 5.41) is 3.67. The van der Waals surface area contributed by atoms with Gasteiger partial charge in [0.1, 0.15) is 12.4 Å². The van der Waals surface area contributed by atoms with Crippen LogP contribution in [-0.4, -0.2) is 11.9 Å². The van der Waals surface area contributed by atoms with Crippen molar-refractivity contribution in [2.24, 2.45) is 0 Å². The van der Waals surface area contributed by atoms with Crippen molar-refractivity contribution in [2.75, 3.05) is 0 Å². The highest BCUT2D eigenvalue weighted by atomic mass is 35.5. The first-order chi connectivity index (χ1) is 11.1. The first-order valence-electron chi connectivity index (χ1n) is 7.87. The Morgan fingerprint density at radius 2 is 2.00 bits per heavy atom. The second-order valence-electron chi connectivity index (χ2n) is 5.57. The fourth-order valence-corrected chi connectivity index (χ4v) is 2.51. The molecule has 0 aromatic heterocycles. The number of hydrogen-bond donors (Lipinski definition) is 1. The largest absolute Gasteiger partial charge is 0.489 e. The van der Waals surface area contributed by atoms with Crippen LogP contribution in [0.25, 0.3) is 0 Å². The fourth-order valence-electron chi connectivity index (χ4n) is 2.32. The predicted molar refractivity (Wildman–Crippen MR) is 94.1 cm³/mol. The summed E-state index contributed by atoms with van der Waals surface area (Å²) in [6, 6.07) is 14.9. The van der Waals surface area contributed by atoms with E-state index in [0.29, 0.717) is 22.9 Å². The molecule has 2 rings (SSSR count). The molecule has 1 atom stereocenters. The summed E-state index contributed by atoms with van der Waals surface area (Å²) in [5.74, 6) is 0.579. The maximum absolute atomic E-state index is 12.2. The topological polar surface area (TPSA) is 38.3 Å². The summed E-state index contributed by atoms with van der Waals surface area (Å²) in [6.45, 7) is 4.49. The Balaban J connectivity index is 1.99. The highest BCUT2D eigenvalue weighted by Crippen LogP contribution is 2.19. The third kappa shape index (κ3) is 5.29. The van der Waals surface area contributed by atoms with Crippen molar-refractivity contribution < 1.29 is 9.53 Å². The van der Waals surface area contributed by atoms with Gasteiger partial charge < -0.3 is 10.1 Å². The molecule has 0 heterocycles. The van der Waals surface area contributed by atoms with Crippen LogP contribution in [0.1, 0.15) is 42.6 Å². The lowest BCUT2D eigenvalue weighted by molar-refractivity contribution is 0.0938. The molecule has 0 radical (unpaired) electrons. The van der Waals surface area contributed by atoms with Crippen LogP contribution in [0, 0.1) is 0 Å². The van der Waals surface area contributed by atoms with Gasteiger partial charge in [0.2, 0.25) is 0 Å². The second kappa shape index (κ2) is 8.59. The molecule has 0 spiro atoms. The van der Waals surface area contributed by atoms with E-state index in [2.05, 4.69) is 12.2 Å². The minimum atomic E-state index is -0.0749. The zero-order valence-corrected chi connectivity index (χ0v) is 14.3. The maximum atomic E-state index is 12.2. The van der Waals surface area contributed by atoms with E-state index in [1.807, 2.05) is 43.3 Å². The standard InChI is InChI=1S/C19H22ClNO2/c1-3-7-14(2)21-19(22)15-9-6-10-17(12-15)23-13-16-8-4-5-11-18(16)20/h4-6,8-12,14H,3,7,13H2,1-2H3,(H,21,22)/t14-/m0/s1. The SMILES string of the molecule is CCC[C@H](C)NC(=O)c1cccc(OCc2ccccc2Cl)c1. The van der Waals surface area contributed by atoms with Crippen LogP contribution in [0.2, 0.25) is 5.02 Å². The van der Waals surface area contributed by atoms with Gasteiger partial charge in [-0.3, -0.25) is 4.79 Å². The van der Waals surface area contributed by atoms with Crippen LogP contribution in [0.3, 0.4) is 0 Å². The molecule has 1 N–H and O–H groups in total. The van der Waals surface area contributed by atoms with E-state index in [9.17, 15) is 4.79 Å². The molecule has 23 heavy (non-hydrogen) atoms. The lowest BCUT2D eigenvalue weighted by atomic mass is 10.1. The molecule has 0 unspecified atom stereocenters. The minimum absolute atomic E-state index is 0.0749. The second-order valence-corrected chi connectivity index (χ2v) is 5.98. The molecule has 0 aliphatic heterocycles. The lowest BCUT2D eigenvalue weighted by Crippen LogP contribution is -2.32. The number of hydrogen-bond acceptors (Lipinski definition) is 2. The van der Waals surface area contributed by atoms with E-state index in [0.717, 1.165) is 18.4 Å². The molecule has 1 amide bonds. The van der Waals surface area contributed by atoms with Gasteiger partial charge in [-0.15, -0.1) is 0 Å². The molecule has 2 aromatic rings. The number of benzene rings is 2. The maximum Gasteiger partial charge on any atom is 0.251 e. The molecule has 122 valence electrons. The minimum Gasteiger partial charge on any atom is -0.489 e. The van der Waals surface area contributed by atoms with Gasteiger partial charge in [-0.1, -0.05) is 49.2 Å². The van der Waals surface area contributed by atoms with E-state index in [-0.39, 0.29) is 11.9 Å². The van der Waals surface area contributed by atoms with E-state index < -0.39 is 0 Å². The third-order valence-corrected chi connectivity index (χ3v) is 3.92. The van der Waals surface area contributed by atoms with Crippen LogP contribution in [-0.2, 0) is 6.61 Å². The molecular formula is C19H22ClNO2. The zero-order chi connectivity index (χ0) is 16.7. The van der Waals surface area contributed by atoms with Gasteiger partial charge in [-0.25, -0.2) is 0 Å². The van der Waals surface area contributed by atoms with Gasteiger partial charge in [0.15, 0.2) is 0 Å². The van der Waals surface area contributed by atoms with Crippen LogP contribution in [0.15, 0.2) is 48.5 Å². The Hall–Kier alpha value is -2.00. The molecule has 0 saturated carbocycles. The van der Waals surface area contributed by atoms with Gasteiger partial charge in [-0.2, -0.15) is 0 Å². The van der Waals surface area contributed by atoms with Gasteiger partial charge >= 0.3 is 0 Å². The van der Waals surface area contributed by atoms with Gasteiger partial charge in [-0.05, 0) is 37.6 Å². The predicted octanol–water partition coefficient (Wildman–Crippen LogP) is 4.84. The summed E-state index contributed by atoms with van der Waals surface area (Å²) in [4.78, 5) is 12.2. The summed E-state index contributed by atoms with van der Waals surface area (Å²) in [5.41, 5.74) is 1.52. The first-order valence-corrected chi connectivity index (χ1v) is 8.25. The molecule has 0 saturated heterocycles. The average molecular weight is 332 g/mol. The van der Waals surface area contributed by atoms with E-state index in [1.54, 1.807) is 12.1 Å². The van der Waals surface area contributed by atoms with Crippen LogP contribution in [0.4, 0.5) is 0 Å². The summed E-state index contributed by atoms with van der Waals surface area (Å²) in [6.07, 6.45) is 2.01. The fraction of sp³-hybridized carbons (Fsp3) is 0.316. The van der Waals surface area contributed by atoms with Gasteiger partial charge in [0.25, 0.3) is 5.91 Å².